The van der Waals surface area contributed by atoms with E-state index in [0.717, 1.165) is 11.3 Å². The summed E-state index contributed by atoms with van der Waals surface area (Å²) in [7, 11) is 0. The standard InChI is InChI=1S/C14H15N3O2/c1-11(18)15-9-13-6-5-12(8-16-13)10-17-7-3-2-4-14(17)19/h2-8H,9-10H2,1H3,(H,15,18). The Balaban J connectivity index is 2.05. The number of amides is 1. The molecule has 5 heteroatoms. The first-order valence-electron chi connectivity index (χ1n) is 5.99. The van der Waals surface area contributed by atoms with Crippen LogP contribution in [0.25, 0.3) is 0 Å². The van der Waals surface area contributed by atoms with E-state index in [1.807, 2.05) is 18.2 Å². The lowest BCUT2D eigenvalue weighted by Crippen LogP contribution is -2.20. The van der Waals surface area contributed by atoms with E-state index in [-0.39, 0.29) is 11.5 Å². The molecule has 0 bridgehead atoms. The van der Waals surface area contributed by atoms with Crippen LogP contribution in [0.4, 0.5) is 0 Å². The highest BCUT2D eigenvalue weighted by Gasteiger charge is 1.99. The SMILES string of the molecule is CC(=O)NCc1ccc(Cn2ccccc2=O)cn1. The number of nitrogens with one attached hydrogen (secondary N) is 1. The third-order valence-corrected chi connectivity index (χ3v) is 2.66. The zero-order chi connectivity index (χ0) is 13.7. The molecule has 5 nitrogen and oxygen atoms in total. The Bertz CT molecular complexity index is 617. The number of carbonyl (C=O) groups excluding carboxylic acids is 1. The predicted octanol–water partition coefficient (Wildman–Crippen LogP) is 0.928. The lowest BCUT2D eigenvalue weighted by molar-refractivity contribution is -0.119. The summed E-state index contributed by atoms with van der Waals surface area (Å²) in [4.78, 5) is 26.6. The van der Waals surface area contributed by atoms with Gasteiger partial charge in [0.15, 0.2) is 0 Å². The first kappa shape index (κ1) is 13.0. The fraction of sp³-hybridized carbons (Fsp3) is 0.214. The molecule has 0 saturated heterocycles. The molecule has 2 aromatic rings. The molecule has 2 aromatic heterocycles. The van der Waals surface area contributed by atoms with E-state index in [4.69, 9.17) is 0 Å². The second-order valence-electron chi connectivity index (χ2n) is 4.23. The lowest BCUT2D eigenvalue weighted by Gasteiger charge is -2.06. The van der Waals surface area contributed by atoms with Gasteiger partial charge in [0.25, 0.3) is 5.56 Å². The van der Waals surface area contributed by atoms with Crippen molar-refractivity contribution in [1.29, 1.82) is 0 Å². The fourth-order valence-corrected chi connectivity index (χ4v) is 1.66. The average molecular weight is 257 g/mol. The van der Waals surface area contributed by atoms with Crippen molar-refractivity contribution in [3.8, 4) is 0 Å². The van der Waals surface area contributed by atoms with Gasteiger partial charge in [-0.25, -0.2) is 0 Å². The molecule has 2 heterocycles. The highest BCUT2D eigenvalue weighted by Crippen LogP contribution is 2.02. The van der Waals surface area contributed by atoms with E-state index in [9.17, 15) is 9.59 Å². The highest BCUT2D eigenvalue weighted by atomic mass is 16.1. The lowest BCUT2D eigenvalue weighted by atomic mass is 10.2. The minimum Gasteiger partial charge on any atom is -0.351 e. The largest absolute Gasteiger partial charge is 0.351 e. The van der Waals surface area contributed by atoms with Crippen molar-refractivity contribution >= 4 is 5.91 Å². The topological polar surface area (TPSA) is 64.0 Å². The van der Waals surface area contributed by atoms with Crippen LogP contribution in [0.5, 0.6) is 0 Å². The van der Waals surface area contributed by atoms with Crippen LogP contribution in [0.1, 0.15) is 18.2 Å². The smallest absolute Gasteiger partial charge is 0.250 e. The van der Waals surface area contributed by atoms with Crippen LogP contribution in [-0.2, 0) is 17.9 Å². The number of hydrogen-bond donors (Lipinski definition) is 1. The van der Waals surface area contributed by atoms with Gasteiger partial charge in [0, 0.05) is 25.4 Å². The molecular weight excluding hydrogens is 242 g/mol. The van der Waals surface area contributed by atoms with E-state index in [1.165, 1.54) is 13.0 Å². The number of rotatable bonds is 4. The van der Waals surface area contributed by atoms with Gasteiger partial charge in [0.1, 0.15) is 0 Å². The molecule has 0 aliphatic rings. The van der Waals surface area contributed by atoms with Gasteiger partial charge < -0.3 is 9.88 Å². The normalized spacial score (nSPS) is 10.2. The van der Waals surface area contributed by atoms with Crippen LogP contribution in [-0.4, -0.2) is 15.5 Å². The fourth-order valence-electron chi connectivity index (χ4n) is 1.66. The minimum absolute atomic E-state index is 0.0372. The molecule has 0 saturated carbocycles. The van der Waals surface area contributed by atoms with Crippen molar-refractivity contribution in [3.63, 3.8) is 0 Å². The molecular formula is C14H15N3O2. The van der Waals surface area contributed by atoms with E-state index in [2.05, 4.69) is 10.3 Å². The quantitative estimate of drug-likeness (QED) is 0.886. The van der Waals surface area contributed by atoms with Crippen molar-refractivity contribution in [2.75, 3.05) is 0 Å². The number of aromatic nitrogens is 2. The van der Waals surface area contributed by atoms with E-state index >= 15 is 0 Å². The molecule has 0 radical (unpaired) electrons. The number of pyridine rings is 2. The van der Waals surface area contributed by atoms with Gasteiger partial charge in [-0.2, -0.15) is 0 Å². The van der Waals surface area contributed by atoms with E-state index in [0.29, 0.717) is 13.1 Å². The summed E-state index contributed by atoms with van der Waals surface area (Å²) in [5.74, 6) is -0.0817. The minimum atomic E-state index is -0.0817. The summed E-state index contributed by atoms with van der Waals surface area (Å²) in [6.07, 6.45) is 3.46. The maximum absolute atomic E-state index is 11.6. The Labute approximate surface area is 110 Å². The predicted molar refractivity (Wildman–Crippen MR) is 71.6 cm³/mol. The maximum atomic E-state index is 11.6. The van der Waals surface area contributed by atoms with Crippen molar-refractivity contribution in [2.45, 2.75) is 20.0 Å². The van der Waals surface area contributed by atoms with Crippen LogP contribution in [0.2, 0.25) is 0 Å². The zero-order valence-corrected chi connectivity index (χ0v) is 10.7. The Morgan fingerprint density at radius 1 is 1.32 bits per heavy atom. The summed E-state index contributed by atoms with van der Waals surface area (Å²) in [6.45, 7) is 2.38. The molecule has 0 unspecified atom stereocenters. The van der Waals surface area contributed by atoms with Crippen molar-refractivity contribution in [1.82, 2.24) is 14.9 Å². The van der Waals surface area contributed by atoms with E-state index in [1.54, 1.807) is 23.0 Å². The van der Waals surface area contributed by atoms with Crippen molar-refractivity contribution in [3.05, 3.63) is 64.3 Å². The Morgan fingerprint density at radius 3 is 2.79 bits per heavy atom. The van der Waals surface area contributed by atoms with Gasteiger partial charge in [0.2, 0.25) is 5.91 Å². The number of carbonyl (C=O) groups is 1. The first-order chi connectivity index (χ1) is 9.15. The summed E-state index contributed by atoms with van der Waals surface area (Å²) < 4.78 is 1.62. The van der Waals surface area contributed by atoms with Crippen LogP contribution in [0, 0.1) is 0 Å². The molecule has 0 spiro atoms. The second-order valence-corrected chi connectivity index (χ2v) is 4.23. The Kier molecular flexibility index (Phi) is 4.07. The van der Waals surface area contributed by atoms with Crippen molar-refractivity contribution < 1.29 is 4.79 Å². The third-order valence-electron chi connectivity index (χ3n) is 2.66. The summed E-state index contributed by atoms with van der Waals surface area (Å²) in [6, 6.07) is 8.81. The van der Waals surface area contributed by atoms with Gasteiger partial charge in [-0.1, -0.05) is 12.1 Å². The van der Waals surface area contributed by atoms with Gasteiger partial charge >= 0.3 is 0 Å². The van der Waals surface area contributed by atoms with Gasteiger partial charge in [-0.05, 0) is 17.7 Å². The molecule has 0 atom stereocenters. The summed E-state index contributed by atoms with van der Waals surface area (Å²) >= 11 is 0. The Hall–Kier alpha value is -2.43. The maximum Gasteiger partial charge on any atom is 0.250 e. The summed E-state index contributed by atoms with van der Waals surface area (Å²) in [5, 5.41) is 2.68. The molecule has 98 valence electrons. The van der Waals surface area contributed by atoms with Crippen LogP contribution < -0.4 is 10.9 Å². The highest BCUT2D eigenvalue weighted by molar-refractivity contribution is 5.72. The monoisotopic (exact) mass is 257 g/mol. The second kappa shape index (κ2) is 5.95. The average Bonchev–Trinajstić information content (AvgIpc) is 2.40. The van der Waals surface area contributed by atoms with Crippen molar-refractivity contribution in [2.24, 2.45) is 0 Å². The Morgan fingerprint density at radius 2 is 2.16 bits per heavy atom. The molecule has 0 aliphatic heterocycles. The third kappa shape index (κ3) is 3.77. The molecule has 0 aliphatic carbocycles. The summed E-state index contributed by atoms with van der Waals surface area (Å²) in [5.41, 5.74) is 1.70. The van der Waals surface area contributed by atoms with Gasteiger partial charge in [-0.15, -0.1) is 0 Å². The molecule has 2 rings (SSSR count). The van der Waals surface area contributed by atoms with Crippen LogP contribution in [0.15, 0.2) is 47.5 Å². The van der Waals surface area contributed by atoms with Crippen LogP contribution in [0.3, 0.4) is 0 Å². The number of nitrogens with zero attached hydrogens (tertiary/aromatic N) is 2. The first-order valence-corrected chi connectivity index (χ1v) is 5.99. The number of hydrogen-bond acceptors (Lipinski definition) is 3. The molecule has 1 N–H and O–H groups in total. The molecule has 0 aromatic carbocycles. The molecule has 19 heavy (non-hydrogen) atoms. The van der Waals surface area contributed by atoms with Gasteiger partial charge in [-0.3, -0.25) is 14.6 Å². The molecule has 1 amide bonds. The van der Waals surface area contributed by atoms with Crippen LogP contribution >= 0.6 is 0 Å². The molecule has 0 fully saturated rings. The van der Waals surface area contributed by atoms with Gasteiger partial charge in [0.05, 0.1) is 18.8 Å². The zero-order valence-electron chi connectivity index (χ0n) is 10.7. The van der Waals surface area contributed by atoms with E-state index < -0.39 is 0 Å².